The van der Waals surface area contributed by atoms with Gasteiger partial charge in [0.2, 0.25) is 0 Å². The number of quaternary nitrogens is 1. The van der Waals surface area contributed by atoms with Gasteiger partial charge in [0, 0.05) is 12.1 Å². The summed E-state index contributed by atoms with van der Waals surface area (Å²) in [4.78, 5) is 11.6. The molecule has 0 aliphatic rings. The Hall–Kier alpha value is -1.33. The minimum Gasteiger partial charge on any atom is -0.378 e. The molecular weight excluding hydrogens is 254 g/mol. The Morgan fingerprint density at radius 1 is 1.39 bits per heavy atom. The normalized spacial score (nSPS) is 10.7. The predicted molar refractivity (Wildman–Crippen MR) is 73.5 cm³/mol. The van der Waals surface area contributed by atoms with Crippen LogP contribution in [0.3, 0.4) is 0 Å². The van der Waals surface area contributed by atoms with Gasteiger partial charge in [-0.1, -0.05) is 11.6 Å². The van der Waals surface area contributed by atoms with Gasteiger partial charge in [0.25, 0.3) is 5.69 Å². The number of non-ortho nitro benzene ring substituents is 1. The van der Waals surface area contributed by atoms with Crippen molar-refractivity contribution in [2.75, 3.05) is 31.5 Å². The van der Waals surface area contributed by atoms with Crippen molar-refractivity contribution in [3.8, 4) is 0 Å². The zero-order valence-corrected chi connectivity index (χ0v) is 11.5. The standard InChI is InChI=1S/C12H18ClN3O2/c1-3-15(4-2)8-7-14-12-6-5-10(16(17)18)9-11(12)13/h5-6,9,14H,3-4,7-8H2,1-2H3/p+1. The van der Waals surface area contributed by atoms with E-state index in [9.17, 15) is 10.1 Å². The monoisotopic (exact) mass is 272 g/mol. The summed E-state index contributed by atoms with van der Waals surface area (Å²) in [5.74, 6) is 0. The van der Waals surface area contributed by atoms with Gasteiger partial charge in [-0.05, 0) is 19.9 Å². The highest BCUT2D eigenvalue weighted by atomic mass is 35.5. The van der Waals surface area contributed by atoms with Crippen LogP contribution < -0.4 is 10.2 Å². The first kappa shape index (κ1) is 14.7. The van der Waals surface area contributed by atoms with Crippen molar-refractivity contribution in [1.29, 1.82) is 0 Å². The first-order valence-electron chi connectivity index (χ1n) is 6.09. The van der Waals surface area contributed by atoms with Crippen molar-refractivity contribution in [3.63, 3.8) is 0 Å². The van der Waals surface area contributed by atoms with E-state index in [1.807, 2.05) is 0 Å². The minimum atomic E-state index is -0.449. The molecule has 0 heterocycles. The molecule has 1 aromatic rings. The fraction of sp³-hybridized carbons (Fsp3) is 0.500. The summed E-state index contributed by atoms with van der Waals surface area (Å²) in [6.45, 7) is 8.28. The zero-order chi connectivity index (χ0) is 13.5. The number of halogens is 1. The highest BCUT2D eigenvalue weighted by Crippen LogP contribution is 2.26. The van der Waals surface area contributed by atoms with Crippen molar-refractivity contribution < 1.29 is 9.82 Å². The van der Waals surface area contributed by atoms with Gasteiger partial charge in [-0.3, -0.25) is 10.1 Å². The lowest BCUT2D eigenvalue weighted by Crippen LogP contribution is -3.12. The molecule has 0 saturated carbocycles. The van der Waals surface area contributed by atoms with Gasteiger partial charge in [0.1, 0.15) is 0 Å². The number of nitrogens with one attached hydrogen (secondary N) is 2. The van der Waals surface area contributed by atoms with E-state index >= 15 is 0 Å². The maximum Gasteiger partial charge on any atom is 0.271 e. The van der Waals surface area contributed by atoms with Crippen LogP contribution in [-0.4, -0.2) is 31.1 Å². The Labute approximate surface area is 112 Å². The van der Waals surface area contributed by atoms with Gasteiger partial charge in [-0.2, -0.15) is 0 Å². The van der Waals surface area contributed by atoms with Gasteiger partial charge in [0.15, 0.2) is 0 Å². The highest BCUT2D eigenvalue weighted by molar-refractivity contribution is 6.33. The molecule has 1 rings (SSSR count). The Morgan fingerprint density at radius 3 is 2.56 bits per heavy atom. The molecule has 2 N–H and O–H groups in total. The molecule has 1 aromatic carbocycles. The Bertz CT molecular complexity index is 408. The average Bonchev–Trinajstić information content (AvgIpc) is 2.36. The van der Waals surface area contributed by atoms with Gasteiger partial charge in [-0.25, -0.2) is 0 Å². The number of nitro benzene ring substituents is 1. The lowest BCUT2D eigenvalue weighted by atomic mass is 10.3. The van der Waals surface area contributed by atoms with Crippen LogP contribution in [-0.2, 0) is 0 Å². The second kappa shape index (κ2) is 7.18. The quantitative estimate of drug-likeness (QED) is 0.585. The summed E-state index contributed by atoms with van der Waals surface area (Å²) < 4.78 is 0. The van der Waals surface area contributed by atoms with Gasteiger partial charge >= 0.3 is 0 Å². The van der Waals surface area contributed by atoms with Crippen LogP contribution in [0.15, 0.2) is 18.2 Å². The van der Waals surface area contributed by atoms with Gasteiger partial charge in [-0.15, -0.1) is 0 Å². The van der Waals surface area contributed by atoms with Crippen LogP contribution in [0, 0.1) is 10.1 Å². The highest BCUT2D eigenvalue weighted by Gasteiger charge is 2.09. The minimum absolute atomic E-state index is 0.0138. The SMILES string of the molecule is CC[NH+](CC)CCNc1ccc([N+](=O)[O-])cc1Cl. The molecule has 0 fully saturated rings. The molecule has 0 saturated heterocycles. The van der Waals surface area contributed by atoms with E-state index in [-0.39, 0.29) is 5.69 Å². The van der Waals surface area contributed by atoms with Crippen LogP contribution in [0.25, 0.3) is 0 Å². The number of nitro groups is 1. The molecule has 6 heteroatoms. The fourth-order valence-electron chi connectivity index (χ4n) is 1.74. The fourth-order valence-corrected chi connectivity index (χ4v) is 1.98. The third-order valence-electron chi connectivity index (χ3n) is 2.96. The Morgan fingerprint density at radius 2 is 2.06 bits per heavy atom. The summed E-state index contributed by atoms with van der Waals surface area (Å²) in [6.07, 6.45) is 0. The van der Waals surface area contributed by atoms with Gasteiger partial charge < -0.3 is 10.2 Å². The molecular formula is C12H19ClN3O2+. The number of benzene rings is 1. The van der Waals surface area contributed by atoms with Crippen LogP contribution >= 0.6 is 11.6 Å². The number of hydrogen-bond donors (Lipinski definition) is 2. The molecule has 100 valence electrons. The number of rotatable bonds is 7. The van der Waals surface area contributed by atoms with E-state index in [0.29, 0.717) is 5.02 Å². The summed E-state index contributed by atoms with van der Waals surface area (Å²) >= 11 is 5.98. The molecule has 0 unspecified atom stereocenters. The molecule has 0 aromatic heterocycles. The van der Waals surface area contributed by atoms with Crippen molar-refractivity contribution in [3.05, 3.63) is 33.3 Å². The first-order chi connectivity index (χ1) is 8.58. The third-order valence-corrected chi connectivity index (χ3v) is 3.27. The molecule has 0 atom stereocenters. The number of anilines is 1. The Kier molecular flexibility index (Phi) is 5.88. The van der Waals surface area contributed by atoms with E-state index < -0.39 is 4.92 Å². The van der Waals surface area contributed by atoms with Crippen LogP contribution in [0.1, 0.15) is 13.8 Å². The summed E-state index contributed by atoms with van der Waals surface area (Å²) in [5, 5.41) is 14.2. The zero-order valence-electron chi connectivity index (χ0n) is 10.7. The van der Waals surface area contributed by atoms with E-state index in [1.54, 1.807) is 6.07 Å². The largest absolute Gasteiger partial charge is 0.378 e. The second-order valence-corrected chi connectivity index (χ2v) is 4.46. The van der Waals surface area contributed by atoms with Crippen molar-refractivity contribution >= 4 is 23.0 Å². The maximum absolute atomic E-state index is 10.6. The Balaban J connectivity index is 2.55. The lowest BCUT2D eigenvalue weighted by molar-refractivity contribution is -0.894. The molecule has 0 radical (unpaired) electrons. The van der Waals surface area contributed by atoms with E-state index in [2.05, 4.69) is 19.2 Å². The smallest absolute Gasteiger partial charge is 0.271 e. The van der Waals surface area contributed by atoms with Crippen LogP contribution in [0.5, 0.6) is 0 Å². The van der Waals surface area contributed by atoms with Crippen LogP contribution in [0.2, 0.25) is 5.02 Å². The summed E-state index contributed by atoms with van der Waals surface area (Å²) in [6, 6.07) is 4.48. The van der Waals surface area contributed by atoms with E-state index in [1.165, 1.54) is 17.0 Å². The number of nitrogens with zero attached hydrogens (tertiary/aromatic N) is 1. The maximum atomic E-state index is 10.6. The molecule has 0 bridgehead atoms. The topological polar surface area (TPSA) is 59.6 Å². The molecule has 18 heavy (non-hydrogen) atoms. The van der Waals surface area contributed by atoms with Crippen molar-refractivity contribution in [1.82, 2.24) is 0 Å². The van der Waals surface area contributed by atoms with Crippen LogP contribution in [0.4, 0.5) is 11.4 Å². The third kappa shape index (κ3) is 4.16. The molecule has 0 amide bonds. The van der Waals surface area contributed by atoms with Crippen molar-refractivity contribution in [2.45, 2.75) is 13.8 Å². The van der Waals surface area contributed by atoms with Crippen molar-refractivity contribution in [2.24, 2.45) is 0 Å². The number of likely N-dealkylation sites (N-methyl/N-ethyl adjacent to an activating group) is 1. The van der Waals surface area contributed by atoms with E-state index in [0.717, 1.165) is 31.9 Å². The van der Waals surface area contributed by atoms with E-state index in [4.69, 9.17) is 11.6 Å². The lowest BCUT2D eigenvalue weighted by Gasteiger charge is -2.16. The molecule has 0 aliphatic heterocycles. The predicted octanol–water partition coefficient (Wildman–Crippen LogP) is 1.58. The summed E-state index contributed by atoms with van der Waals surface area (Å²) in [5.41, 5.74) is 0.758. The molecule has 0 spiro atoms. The van der Waals surface area contributed by atoms with Gasteiger partial charge in [0.05, 0.1) is 41.8 Å². The molecule has 5 nitrogen and oxygen atoms in total. The average molecular weight is 273 g/mol. The number of hydrogen-bond acceptors (Lipinski definition) is 3. The molecule has 0 aliphatic carbocycles. The second-order valence-electron chi connectivity index (χ2n) is 4.06. The first-order valence-corrected chi connectivity index (χ1v) is 6.47. The summed E-state index contributed by atoms with van der Waals surface area (Å²) in [7, 11) is 0.